The first-order valence-corrected chi connectivity index (χ1v) is 6.26. The van der Waals surface area contributed by atoms with Crippen LogP contribution < -0.4 is 10.6 Å². The van der Waals surface area contributed by atoms with Gasteiger partial charge in [0.1, 0.15) is 5.82 Å². The van der Waals surface area contributed by atoms with Gasteiger partial charge in [-0.15, -0.1) is 0 Å². The Morgan fingerprint density at radius 2 is 1.89 bits per heavy atom. The highest BCUT2D eigenvalue weighted by atomic mass is 19.1. The van der Waals surface area contributed by atoms with Crippen LogP contribution in [-0.4, -0.2) is 30.1 Å². The summed E-state index contributed by atoms with van der Waals surface area (Å²) in [6.07, 6.45) is 4.40. The van der Waals surface area contributed by atoms with Crippen molar-refractivity contribution in [2.75, 3.05) is 25.5 Å². The van der Waals surface area contributed by atoms with Gasteiger partial charge in [-0.3, -0.25) is 0 Å². The zero-order chi connectivity index (χ0) is 13.5. The minimum Gasteiger partial charge on any atom is -0.354 e. The average molecular weight is 260 g/mol. The van der Waals surface area contributed by atoms with Crippen LogP contribution >= 0.6 is 0 Å². The van der Waals surface area contributed by atoms with E-state index in [0.717, 1.165) is 30.6 Å². The molecule has 0 fully saturated rings. The fourth-order valence-electron chi connectivity index (χ4n) is 1.70. The molecule has 0 unspecified atom stereocenters. The second-order valence-electron chi connectivity index (χ2n) is 4.19. The van der Waals surface area contributed by atoms with Gasteiger partial charge in [0.2, 0.25) is 5.95 Å². The highest BCUT2D eigenvalue weighted by Crippen LogP contribution is 2.18. The molecule has 4 nitrogen and oxygen atoms in total. The van der Waals surface area contributed by atoms with Crippen molar-refractivity contribution in [3.8, 4) is 11.1 Å². The van der Waals surface area contributed by atoms with E-state index in [0.29, 0.717) is 5.95 Å². The maximum absolute atomic E-state index is 13.1. The molecule has 1 aromatic heterocycles. The Kier molecular flexibility index (Phi) is 4.80. The van der Waals surface area contributed by atoms with E-state index in [9.17, 15) is 4.39 Å². The summed E-state index contributed by atoms with van der Waals surface area (Å²) in [5.41, 5.74) is 1.59. The minimum absolute atomic E-state index is 0.258. The third-order valence-electron chi connectivity index (χ3n) is 2.70. The number of nitrogens with zero attached hydrogens (tertiary/aromatic N) is 2. The largest absolute Gasteiger partial charge is 0.354 e. The van der Waals surface area contributed by atoms with Crippen LogP contribution in [0.2, 0.25) is 0 Å². The average Bonchev–Trinajstić information content (AvgIpc) is 2.44. The lowest BCUT2D eigenvalue weighted by atomic mass is 10.1. The lowest BCUT2D eigenvalue weighted by Gasteiger charge is -2.05. The molecular formula is C14H17FN4. The van der Waals surface area contributed by atoms with E-state index in [2.05, 4.69) is 20.6 Å². The standard InChI is InChI=1S/C14H17FN4/c1-16-6-3-7-17-14-18-9-12(10-19-14)11-4-2-5-13(15)8-11/h2,4-5,8-10,16H,3,6-7H2,1H3,(H,17,18,19). The van der Waals surface area contributed by atoms with E-state index >= 15 is 0 Å². The monoisotopic (exact) mass is 260 g/mol. The van der Waals surface area contributed by atoms with E-state index in [1.54, 1.807) is 18.5 Å². The molecule has 5 heteroatoms. The van der Waals surface area contributed by atoms with E-state index in [1.165, 1.54) is 12.1 Å². The fraction of sp³-hybridized carbons (Fsp3) is 0.286. The number of anilines is 1. The van der Waals surface area contributed by atoms with Crippen LogP contribution in [0, 0.1) is 5.82 Å². The first kappa shape index (κ1) is 13.4. The normalized spacial score (nSPS) is 10.4. The molecule has 0 spiro atoms. The smallest absolute Gasteiger partial charge is 0.222 e. The Bertz CT molecular complexity index is 513. The van der Waals surface area contributed by atoms with Crippen LogP contribution in [0.3, 0.4) is 0 Å². The highest BCUT2D eigenvalue weighted by Gasteiger charge is 2.01. The Morgan fingerprint density at radius 3 is 2.58 bits per heavy atom. The van der Waals surface area contributed by atoms with E-state index in [4.69, 9.17) is 0 Å². The second-order valence-corrected chi connectivity index (χ2v) is 4.19. The van der Waals surface area contributed by atoms with Crippen molar-refractivity contribution >= 4 is 5.95 Å². The molecule has 2 N–H and O–H groups in total. The van der Waals surface area contributed by atoms with Gasteiger partial charge in [0.25, 0.3) is 0 Å². The summed E-state index contributed by atoms with van der Waals surface area (Å²) < 4.78 is 13.1. The summed E-state index contributed by atoms with van der Waals surface area (Å²) in [4.78, 5) is 8.43. The van der Waals surface area contributed by atoms with E-state index in [1.807, 2.05) is 13.1 Å². The van der Waals surface area contributed by atoms with Crippen molar-refractivity contribution in [1.29, 1.82) is 0 Å². The zero-order valence-corrected chi connectivity index (χ0v) is 10.9. The number of aromatic nitrogens is 2. The highest BCUT2D eigenvalue weighted by molar-refractivity contribution is 5.61. The molecule has 0 amide bonds. The minimum atomic E-state index is -0.258. The molecule has 0 radical (unpaired) electrons. The SMILES string of the molecule is CNCCCNc1ncc(-c2cccc(F)c2)cn1. The Balaban J connectivity index is 1.98. The number of halogens is 1. The lowest BCUT2D eigenvalue weighted by molar-refractivity contribution is 0.628. The second kappa shape index (κ2) is 6.80. The van der Waals surface area contributed by atoms with Gasteiger partial charge in [-0.2, -0.15) is 0 Å². The third kappa shape index (κ3) is 3.99. The molecule has 0 aliphatic carbocycles. The number of rotatable bonds is 6. The number of hydrogen-bond donors (Lipinski definition) is 2. The topological polar surface area (TPSA) is 49.8 Å². The fourth-order valence-corrected chi connectivity index (χ4v) is 1.70. The first-order chi connectivity index (χ1) is 9.29. The quantitative estimate of drug-likeness (QED) is 0.782. The lowest BCUT2D eigenvalue weighted by Crippen LogP contribution is -2.13. The van der Waals surface area contributed by atoms with Crippen LogP contribution in [0.5, 0.6) is 0 Å². The molecule has 1 heterocycles. The molecule has 1 aromatic carbocycles. The summed E-state index contributed by atoms with van der Waals surface area (Å²) in [5, 5.41) is 6.21. The van der Waals surface area contributed by atoms with E-state index in [-0.39, 0.29) is 5.82 Å². The maximum Gasteiger partial charge on any atom is 0.222 e. The Labute approximate surface area is 112 Å². The number of nitrogens with one attached hydrogen (secondary N) is 2. The summed E-state index contributed by atoms with van der Waals surface area (Å²) in [6, 6.07) is 6.40. The number of hydrogen-bond acceptors (Lipinski definition) is 4. The predicted octanol–water partition coefficient (Wildman–Crippen LogP) is 2.30. The molecule has 0 atom stereocenters. The molecule has 0 aliphatic heterocycles. The third-order valence-corrected chi connectivity index (χ3v) is 2.70. The summed E-state index contributed by atoms with van der Waals surface area (Å²) in [6.45, 7) is 1.77. The van der Waals surface area contributed by atoms with Crippen LogP contribution in [-0.2, 0) is 0 Å². The van der Waals surface area contributed by atoms with E-state index < -0.39 is 0 Å². The van der Waals surface area contributed by atoms with Gasteiger partial charge in [-0.05, 0) is 37.7 Å². The van der Waals surface area contributed by atoms with Gasteiger partial charge in [0, 0.05) is 24.5 Å². The van der Waals surface area contributed by atoms with Crippen LogP contribution in [0.25, 0.3) is 11.1 Å². The predicted molar refractivity (Wildman–Crippen MR) is 74.5 cm³/mol. The van der Waals surface area contributed by atoms with Crippen molar-refractivity contribution in [2.24, 2.45) is 0 Å². The Hall–Kier alpha value is -2.01. The van der Waals surface area contributed by atoms with Gasteiger partial charge in [-0.1, -0.05) is 12.1 Å². The Morgan fingerprint density at radius 1 is 1.11 bits per heavy atom. The maximum atomic E-state index is 13.1. The number of benzene rings is 1. The zero-order valence-electron chi connectivity index (χ0n) is 10.9. The molecule has 19 heavy (non-hydrogen) atoms. The van der Waals surface area contributed by atoms with Crippen molar-refractivity contribution in [3.63, 3.8) is 0 Å². The molecule has 0 saturated heterocycles. The summed E-state index contributed by atoms with van der Waals surface area (Å²) >= 11 is 0. The molecule has 0 bridgehead atoms. The van der Waals surface area contributed by atoms with Crippen molar-refractivity contribution in [3.05, 3.63) is 42.5 Å². The van der Waals surface area contributed by atoms with Crippen LogP contribution in [0.4, 0.5) is 10.3 Å². The van der Waals surface area contributed by atoms with Crippen LogP contribution in [0.15, 0.2) is 36.7 Å². The summed E-state index contributed by atoms with van der Waals surface area (Å²) in [5.74, 6) is 0.336. The molecule has 100 valence electrons. The molecule has 0 aliphatic rings. The van der Waals surface area contributed by atoms with Gasteiger partial charge >= 0.3 is 0 Å². The van der Waals surface area contributed by atoms with Gasteiger partial charge in [-0.25, -0.2) is 14.4 Å². The van der Waals surface area contributed by atoms with Crippen LogP contribution in [0.1, 0.15) is 6.42 Å². The van der Waals surface area contributed by atoms with Gasteiger partial charge in [0.15, 0.2) is 0 Å². The molecule has 2 rings (SSSR count). The van der Waals surface area contributed by atoms with Gasteiger partial charge in [0.05, 0.1) is 0 Å². The van der Waals surface area contributed by atoms with Gasteiger partial charge < -0.3 is 10.6 Å². The molecular weight excluding hydrogens is 243 g/mol. The van der Waals surface area contributed by atoms with Crippen molar-refractivity contribution in [2.45, 2.75) is 6.42 Å². The van der Waals surface area contributed by atoms with Crippen molar-refractivity contribution in [1.82, 2.24) is 15.3 Å². The summed E-state index contributed by atoms with van der Waals surface area (Å²) in [7, 11) is 1.92. The molecule has 2 aromatic rings. The molecule has 0 saturated carbocycles. The van der Waals surface area contributed by atoms with Crippen molar-refractivity contribution < 1.29 is 4.39 Å². The first-order valence-electron chi connectivity index (χ1n) is 6.26.